The van der Waals surface area contributed by atoms with Gasteiger partial charge in [0.25, 0.3) is 0 Å². The van der Waals surface area contributed by atoms with Gasteiger partial charge in [0.2, 0.25) is 0 Å². The van der Waals surface area contributed by atoms with Crippen molar-refractivity contribution in [3.8, 4) is 12.3 Å². The highest BCUT2D eigenvalue weighted by atomic mass is 16.2. The van der Waals surface area contributed by atoms with Crippen molar-refractivity contribution in [1.29, 1.82) is 0 Å². The van der Waals surface area contributed by atoms with Crippen LogP contribution in [-0.2, 0) is 13.5 Å². The highest BCUT2D eigenvalue weighted by molar-refractivity contribution is 5.91. The monoisotopic (exact) mass is 378 g/mol. The molecule has 1 fully saturated rings. The van der Waals surface area contributed by atoms with Crippen molar-refractivity contribution in [2.24, 2.45) is 7.05 Å². The number of rotatable bonds is 3. The minimum absolute atomic E-state index is 0.0471. The van der Waals surface area contributed by atoms with E-state index in [-0.39, 0.29) is 12.1 Å². The van der Waals surface area contributed by atoms with Crippen molar-refractivity contribution in [2.45, 2.75) is 44.7 Å². The average molecular weight is 379 g/mol. The van der Waals surface area contributed by atoms with E-state index in [1.165, 1.54) is 22.0 Å². The van der Waals surface area contributed by atoms with Gasteiger partial charge in [0.15, 0.2) is 0 Å². The lowest BCUT2D eigenvalue weighted by atomic mass is 9.73. The highest BCUT2D eigenvalue weighted by Gasteiger charge is 2.41. The molecule has 2 aromatic rings. The average Bonchev–Trinajstić information content (AvgIpc) is 2.96. The van der Waals surface area contributed by atoms with Crippen LogP contribution in [0.3, 0.4) is 0 Å². The van der Waals surface area contributed by atoms with E-state index in [1.54, 1.807) is 0 Å². The van der Waals surface area contributed by atoms with Gasteiger partial charge >= 0.3 is 6.03 Å². The summed E-state index contributed by atoms with van der Waals surface area (Å²) in [5, 5.41) is 4.61. The number of piperidine rings is 1. The fourth-order valence-corrected chi connectivity index (χ4v) is 5.35. The molecule has 0 bridgehead atoms. The van der Waals surface area contributed by atoms with Gasteiger partial charge in [0.05, 0.1) is 5.69 Å². The first kappa shape index (κ1) is 18.9. The molecule has 0 saturated carbocycles. The summed E-state index contributed by atoms with van der Waals surface area (Å²) in [5.74, 6) is 3.33. The largest absolute Gasteiger partial charge is 0.337 e. The standard InChI is InChI=1S/C23H30N4O/c1-6-19-18-13-21-17(16-10-9-11-20(22(16)18)26(19)5)12-15(14-25(21)4)24-23(28)27(7-2)8-3/h1,9-11,15,17,21H,7-8,12-14H2,2-5H3,(H,24,28)/t15-,17?,21+/m0/s1. The molecule has 4 rings (SSSR count). The van der Waals surface area contributed by atoms with Gasteiger partial charge in [-0.3, -0.25) is 0 Å². The van der Waals surface area contributed by atoms with Crippen molar-refractivity contribution in [1.82, 2.24) is 19.7 Å². The van der Waals surface area contributed by atoms with Crippen molar-refractivity contribution in [2.75, 3.05) is 26.7 Å². The number of carbonyl (C=O) groups excluding carboxylic acids is 1. The van der Waals surface area contributed by atoms with Crippen LogP contribution in [0.5, 0.6) is 0 Å². The number of nitrogens with zero attached hydrogens (tertiary/aromatic N) is 3. The summed E-state index contributed by atoms with van der Waals surface area (Å²) in [4.78, 5) is 16.8. The maximum atomic E-state index is 12.6. The number of benzene rings is 1. The molecule has 2 heterocycles. The van der Waals surface area contributed by atoms with Crippen LogP contribution in [0.2, 0.25) is 0 Å². The van der Waals surface area contributed by atoms with Crippen molar-refractivity contribution < 1.29 is 4.79 Å². The number of fused-ring (bicyclic) bond motifs is 2. The zero-order valence-electron chi connectivity index (χ0n) is 17.3. The first-order chi connectivity index (χ1) is 13.5. The fraction of sp³-hybridized carbons (Fsp3) is 0.522. The van der Waals surface area contributed by atoms with Crippen LogP contribution in [-0.4, -0.2) is 59.2 Å². The van der Waals surface area contributed by atoms with E-state index >= 15 is 0 Å². The molecule has 1 aromatic carbocycles. The summed E-state index contributed by atoms with van der Waals surface area (Å²) < 4.78 is 2.16. The Morgan fingerprint density at radius 2 is 2.07 bits per heavy atom. The molecule has 1 saturated heterocycles. The summed E-state index contributed by atoms with van der Waals surface area (Å²) in [6.07, 6.45) is 7.81. The Morgan fingerprint density at radius 1 is 1.32 bits per heavy atom. The first-order valence-electron chi connectivity index (χ1n) is 10.3. The minimum atomic E-state index is 0.0471. The molecule has 2 amide bonds. The van der Waals surface area contributed by atoms with E-state index in [4.69, 9.17) is 6.42 Å². The number of terminal acetylenes is 1. The van der Waals surface area contributed by atoms with Crippen molar-refractivity contribution in [3.63, 3.8) is 0 Å². The Labute approximate surface area is 167 Å². The summed E-state index contributed by atoms with van der Waals surface area (Å²) in [5.41, 5.74) is 4.92. The third kappa shape index (κ3) is 2.79. The number of aromatic nitrogens is 1. The van der Waals surface area contributed by atoms with Gasteiger partial charge in [0, 0.05) is 55.6 Å². The van der Waals surface area contributed by atoms with Crippen LogP contribution >= 0.6 is 0 Å². The Balaban J connectivity index is 1.69. The lowest BCUT2D eigenvalue weighted by molar-refractivity contribution is 0.124. The number of urea groups is 1. The van der Waals surface area contributed by atoms with Gasteiger partial charge in [-0.05, 0) is 50.9 Å². The molecule has 148 valence electrons. The Hall–Kier alpha value is -2.45. The van der Waals surface area contributed by atoms with Crippen LogP contribution in [0.1, 0.15) is 43.0 Å². The third-order valence-corrected chi connectivity index (χ3v) is 6.76. The quantitative estimate of drug-likeness (QED) is 0.835. The fourth-order valence-electron chi connectivity index (χ4n) is 5.35. The maximum absolute atomic E-state index is 12.6. The van der Waals surface area contributed by atoms with Gasteiger partial charge in [-0.1, -0.05) is 18.1 Å². The van der Waals surface area contributed by atoms with Gasteiger partial charge in [-0.15, -0.1) is 6.42 Å². The predicted molar refractivity (Wildman–Crippen MR) is 114 cm³/mol. The smallest absolute Gasteiger partial charge is 0.317 e. The van der Waals surface area contributed by atoms with Crippen LogP contribution in [0.15, 0.2) is 18.2 Å². The lowest BCUT2D eigenvalue weighted by Crippen LogP contribution is -2.56. The third-order valence-electron chi connectivity index (χ3n) is 6.76. The summed E-state index contributed by atoms with van der Waals surface area (Å²) in [7, 11) is 4.24. The number of nitrogens with one attached hydrogen (secondary N) is 1. The second-order valence-electron chi connectivity index (χ2n) is 8.14. The molecule has 5 heteroatoms. The van der Waals surface area contributed by atoms with Gasteiger partial charge in [0.1, 0.15) is 0 Å². The molecule has 1 N–H and O–H groups in total. The number of likely N-dealkylation sites (N-methyl/N-ethyl adjacent to an activating group) is 1. The zero-order chi connectivity index (χ0) is 20.0. The van der Waals surface area contributed by atoms with E-state index in [0.717, 1.165) is 38.2 Å². The van der Waals surface area contributed by atoms with E-state index in [1.807, 2.05) is 18.7 Å². The number of aryl methyl sites for hydroxylation is 1. The van der Waals surface area contributed by atoms with Gasteiger partial charge < -0.3 is 19.7 Å². The van der Waals surface area contributed by atoms with Crippen LogP contribution < -0.4 is 5.32 Å². The van der Waals surface area contributed by atoms with Crippen molar-refractivity contribution >= 4 is 16.9 Å². The molecular weight excluding hydrogens is 348 g/mol. The number of hydrogen-bond acceptors (Lipinski definition) is 2. The van der Waals surface area contributed by atoms with Crippen molar-refractivity contribution in [3.05, 3.63) is 35.0 Å². The Morgan fingerprint density at radius 3 is 2.75 bits per heavy atom. The zero-order valence-corrected chi connectivity index (χ0v) is 17.3. The van der Waals surface area contributed by atoms with Gasteiger partial charge in [-0.25, -0.2) is 4.79 Å². The number of likely N-dealkylation sites (tertiary alicyclic amines) is 1. The highest BCUT2D eigenvalue weighted by Crippen LogP contribution is 2.44. The molecule has 1 aliphatic carbocycles. The summed E-state index contributed by atoms with van der Waals surface area (Å²) in [6.45, 7) is 6.39. The summed E-state index contributed by atoms with van der Waals surface area (Å²) in [6, 6.07) is 7.19. The molecule has 1 unspecified atom stereocenters. The maximum Gasteiger partial charge on any atom is 0.317 e. The van der Waals surface area contributed by atoms with E-state index in [0.29, 0.717) is 12.0 Å². The lowest BCUT2D eigenvalue weighted by Gasteiger charge is -2.46. The van der Waals surface area contributed by atoms with Gasteiger partial charge in [-0.2, -0.15) is 0 Å². The van der Waals surface area contributed by atoms with E-state index < -0.39 is 0 Å². The second kappa shape index (κ2) is 7.18. The Kier molecular flexibility index (Phi) is 4.84. The molecule has 1 aromatic heterocycles. The van der Waals surface area contributed by atoms with E-state index in [2.05, 4.69) is 53.0 Å². The summed E-state index contributed by atoms with van der Waals surface area (Å²) >= 11 is 0. The molecule has 28 heavy (non-hydrogen) atoms. The molecule has 0 spiro atoms. The minimum Gasteiger partial charge on any atom is -0.337 e. The van der Waals surface area contributed by atoms with Crippen LogP contribution in [0, 0.1) is 12.3 Å². The normalized spacial score (nSPS) is 23.9. The first-order valence-corrected chi connectivity index (χ1v) is 10.3. The number of hydrogen-bond donors (Lipinski definition) is 1. The van der Waals surface area contributed by atoms with Crippen LogP contribution in [0.4, 0.5) is 4.79 Å². The van der Waals surface area contributed by atoms with Crippen LogP contribution in [0.25, 0.3) is 10.9 Å². The number of amides is 2. The predicted octanol–water partition coefficient (Wildman–Crippen LogP) is 2.92. The molecular formula is C23H30N4O. The topological polar surface area (TPSA) is 40.5 Å². The molecule has 5 nitrogen and oxygen atoms in total. The molecule has 1 aliphatic heterocycles. The SMILES string of the molecule is C#Cc1c2c3c(cccc3n1C)C1C[C@H](NC(=O)N(CC)CC)CN(C)[C@@H]1C2. The molecule has 0 radical (unpaired) electrons. The Bertz CT molecular complexity index is 950. The molecule has 2 aliphatic rings. The van der Waals surface area contributed by atoms with E-state index in [9.17, 15) is 4.79 Å². The second-order valence-corrected chi connectivity index (χ2v) is 8.14. The number of carbonyl (C=O) groups is 1. The molecule has 3 atom stereocenters.